The Morgan fingerprint density at radius 2 is 2.29 bits per heavy atom. The molecule has 1 aliphatic rings. The summed E-state index contributed by atoms with van der Waals surface area (Å²) < 4.78 is 22.5. The molecule has 1 heterocycles. The Morgan fingerprint density at radius 3 is 2.93 bits per heavy atom. The molecule has 1 rings (SSSR count). The lowest BCUT2D eigenvalue weighted by molar-refractivity contribution is 0.478. The molecule has 0 aromatic heterocycles. The summed E-state index contributed by atoms with van der Waals surface area (Å²) in [4.78, 5) is 0. The summed E-state index contributed by atoms with van der Waals surface area (Å²) in [6.45, 7) is 0.744. The summed E-state index contributed by atoms with van der Waals surface area (Å²) in [5.74, 6) is 0.600. The van der Waals surface area contributed by atoms with Crippen LogP contribution in [0.4, 0.5) is 0 Å². The molecule has 1 fully saturated rings. The van der Waals surface area contributed by atoms with Crippen molar-refractivity contribution in [1.29, 1.82) is 5.26 Å². The fourth-order valence-electron chi connectivity index (χ4n) is 1.66. The van der Waals surface area contributed by atoms with Crippen molar-refractivity contribution in [3.05, 3.63) is 0 Å². The van der Waals surface area contributed by atoms with Gasteiger partial charge in [0.1, 0.15) is 0 Å². The number of nitriles is 1. The SMILES string of the molecule is N#CCCCNC1CCCS(=O)(=O)C1. The molecule has 0 aromatic rings. The quantitative estimate of drug-likeness (QED) is 0.693. The highest BCUT2D eigenvalue weighted by Gasteiger charge is 2.23. The summed E-state index contributed by atoms with van der Waals surface area (Å²) in [5, 5.41) is 11.5. The maximum Gasteiger partial charge on any atom is 0.151 e. The number of rotatable bonds is 4. The minimum atomic E-state index is -2.80. The topological polar surface area (TPSA) is 70.0 Å². The van der Waals surface area contributed by atoms with Crippen LogP contribution in [0, 0.1) is 11.3 Å². The van der Waals surface area contributed by atoms with Crippen molar-refractivity contribution in [2.75, 3.05) is 18.1 Å². The van der Waals surface area contributed by atoms with Gasteiger partial charge in [-0.2, -0.15) is 5.26 Å². The summed E-state index contributed by atoms with van der Waals surface area (Å²) in [7, 11) is -2.80. The molecule has 0 aliphatic carbocycles. The van der Waals surface area contributed by atoms with Crippen molar-refractivity contribution >= 4 is 9.84 Å². The lowest BCUT2D eigenvalue weighted by Gasteiger charge is -2.22. The average Bonchev–Trinajstić information content (AvgIpc) is 2.11. The van der Waals surface area contributed by atoms with E-state index in [9.17, 15) is 8.42 Å². The van der Waals surface area contributed by atoms with Crippen molar-refractivity contribution in [2.45, 2.75) is 31.7 Å². The first-order valence-corrected chi connectivity index (χ1v) is 6.77. The molecule has 0 bridgehead atoms. The molecule has 1 aliphatic heterocycles. The second-order valence-corrected chi connectivity index (χ2v) is 5.90. The van der Waals surface area contributed by atoms with Crippen LogP contribution in [0.3, 0.4) is 0 Å². The third kappa shape index (κ3) is 4.07. The molecule has 0 radical (unpaired) electrons. The van der Waals surface area contributed by atoms with Gasteiger partial charge in [0.15, 0.2) is 9.84 Å². The van der Waals surface area contributed by atoms with Gasteiger partial charge in [-0.3, -0.25) is 0 Å². The molecule has 4 nitrogen and oxygen atoms in total. The Morgan fingerprint density at radius 1 is 1.50 bits per heavy atom. The van der Waals surface area contributed by atoms with Crippen molar-refractivity contribution in [3.8, 4) is 6.07 Å². The van der Waals surface area contributed by atoms with Crippen LogP contribution in [0.2, 0.25) is 0 Å². The Labute approximate surface area is 85.2 Å². The largest absolute Gasteiger partial charge is 0.313 e. The summed E-state index contributed by atoms with van der Waals surface area (Å²) in [5.41, 5.74) is 0. The van der Waals surface area contributed by atoms with E-state index in [1.54, 1.807) is 0 Å². The predicted molar refractivity (Wildman–Crippen MR) is 54.5 cm³/mol. The maximum atomic E-state index is 11.3. The smallest absolute Gasteiger partial charge is 0.151 e. The highest BCUT2D eigenvalue weighted by atomic mass is 32.2. The van der Waals surface area contributed by atoms with Crippen LogP contribution in [0.25, 0.3) is 0 Å². The normalized spacial score (nSPS) is 25.5. The first-order chi connectivity index (χ1) is 6.64. The lowest BCUT2D eigenvalue weighted by Crippen LogP contribution is -2.40. The first-order valence-electron chi connectivity index (χ1n) is 4.95. The molecular weight excluding hydrogens is 200 g/mol. The summed E-state index contributed by atoms with van der Waals surface area (Å²) in [6, 6.07) is 2.17. The van der Waals surface area contributed by atoms with Gasteiger partial charge in [0.25, 0.3) is 0 Å². The number of nitrogens with zero attached hydrogens (tertiary/aromatic N) is 1. The van der Waals surface area contributed by atoms with Crippen LogP contribution in [0.15, 0.2) is 0 Å². The van der Waals surface area contributed by atoms with Gasteiger partial charge >= 0.3 is 0 Å². The molecular formula is C9H16N2O2S. The minimum absolute atomic E-state index is 0.104. The second kappa shape index (κ2) is 5.32. The number of sulfone groups is 1. The fraction of sp³-hybridized carbons (Fsp3) is 0.889. The Hall–Kier alpha value is -0.600. The summed E-state index contributed by atoms with van der Waals surface area (Å²) in [6.07, 6.45) is 3.03. The van der Waals surface area contributed by atoms with Gasteiger partial charge in [-0.1, -0.05) is 0 Å². The van der Waals surface area contributed by atoms with Crippen molar-refractivity contribution in [1.82, 2.24) is 5.32 Å². The van der Waals surface area contributed by atoms with Gasteiger partial charge in [-0.15, -0.1) is 0 Å². The highest BCUT2D eigenvalue weighted by Crippen LogP contribution is 2.11. The molecule has 0 amide bonds. The Balaban J connectivity index is 2.22. The third-order valence-corrected chi connectivity index (χ3v) is 4.18. The van der Waals surface area contributed by atoms with E-state index in [4.69, 9.17) is 5.26 Å². The predicted octanol–water partition coefficient (Wildman–Crippen LogP) is 0.457. The van der Waals surface area contributed by atoms with Crippen molar-refractivity contribution in [3.63, 3.8) is 0 Å². The monoisotopic (exact) mass is 216 g/mol. The summed E-state index contributed by atoms with van der Waals surface area (Å²) >= 11 is 0. The zero-order valence-electron chi connectivity index (χ0n) is 8.20. The standard InChI is InChI=1S/C9H16N2O2S/c10-5-1-2-6-11-9-4-3-7-14(12,13)8-9/h9,11H,1-4,6-8H2. The number of hydrogen-bond donors (Lipinski definition) is 1. The Kier molecular flexibility index (Phi) is 4.36. The lowest BCUT2D eigenvalue weighted by atomic mass is 10.2. The van der Waals surface area contributed by atoms with Gasteiger partial charge in [0.2, 0.25) is 0 Å². The van der Waals surface area contributed by atoms with Gasteiger partial charge in [0.05, 0.1) is 17.6 Å². The van der Waals surface area contributed by atoms with E-state index in [1.807, 2.05) is 0 Å². The second-order valence-electron chi connectivity index (χ2n) is 3.67. The van der Waals surface area contributed by atoms with Gasteiger partial charge in [0, 0.05) is 12.5 Å². The van der Waals surface area contributed by atoms with Crippen molar-refractivity contribution in [2.24, 2.45) is 0 Å². The number of hydrogen-bond acceptors (Lipinski definition) is 4. The van der Waals surface area contributed by atoms with Crippen molar-refractivity contribution < 1.29 is 8.42 Å². The molecule has 0 spiro atoms. The maximum absolute atomic E-state index is 11.3. The van der Waals surface area contributed by atoms with Gasteiger partial charge < -0.3 is 5.32 Å². The molecule has 1 saturated heterocycles. The molecule has 1 N–H and O–H groups in total. The number of unbranched alkanes of at least 4 members (excludes halogenated alkanes) is 1. The molecule has 5 heteroatoms. The van der Waals surface area contributed by atoms with Gasteiger partial charge in [-0.05, 0) is 25.8 Å². The number of nitrogens with one attached hydrogen (secondary N) is 1. The van der Waals surface area contributed by atoms with E-state index in [0.29, 0.717) is 12.2 Å². The van der Waals surface area contributed by atoms with Crippen LogP contribution in [-0.4, -0.2) is 32.5 Å². The van der Waals surface area contributed by atoms with Crippen LogP contribution in [-0.2, 0) is 9.84 Å². The van der Waals surface area contributed by atoms with Crippen LogP contribution < -0.4 is 5.32 Å². The molecule has 14 heavy (non-hydrogen) atoms. The first kappa shape index (κ1) is 11.5. The van der Waals surface area contributed by atoms with Crippen LogP contribution >= 0.6 is 0 Å². The zero-order valence-corrected chi connectivity index (χ0v) is 9.02. The Bertz CT molecular complexity index is 305. The average molecular weight is 216 g/mol. The van der Waals surface area contributed by atoms with E-state index in [-0.39, 0.29) is 11.8 Å². The third-order valence-electron chi connectivity index (χ3n) is 2.36. The molecule has 80 valence electrons. The van der Waals surface area contributed by atoms with Crippen LogP contribution in [0.5, 0.6) is 0 Å². The van der Waals surface area contributed by atoms with E-state index >= 15 is 0 Å². The molecule has 1 atom stereocenters. The molecule has 0 saturated carbocycles. The molecule has 0 aromatic carbocycles. The van der Waals surface area contributed by atoms with Gasteiger partial charge in [-0.25, -0.2) is 8.42 Å². The van der Waals surface area contributed by atoms with E-state index in [1.165, 1.54) is 0 Å². The van der Waals surface area contributed by atoms with E-state index < -0.39 is 9.84 Å². The van der Waals surface area contributed by atoms with E-state index in [0.717, 1.165) is 25.8 Å². The minimum Gasteiger partial charge on any atom is -0.313 e. The van der Waals surface area contributed by atoms with Crippen LogP contribution in [0.1, 0.15) is 25.7 Å². The highest BCUT2D eigenvalue weighted by molar-refractivity contribution is 7.91. The van der Waals surface area contributed by atoms with E-state index in [2.05, 4.69) is 11.4 Å². The zero-order chi connectivity index (χ0) is 10.4. The molecule has 1 unspecified atom stereocenters. The fourth-order valence-corrected chi connectivity index (χ4v) is 3.33.